The van der Waals surface area contributed by atoms with E-state index >= 15 is 0 Å². The zero-order chi connectivity index (χ0) is 17.9. The molecule has 0 heterocycles. The highest BCUT2D eigenvalue weighted by Crippen LogP contribution is 2.36. The Morgan fingerprint density at radius 2 is 1.75 bits per heavy atom. The van der Waals surface area contributed by atoms with Crippen molar-refractivity contribution in [1.29, 1.82) is 4.78 Å². The van der Waals surface area contributed by atoms with E-state index in [-0.39, 0.29) is 5.78 Å². The molecule has 0 unspecified atom stereocenters. The molecule has 1 aliphatic carbocycles. The van der Waals surface area contributed by atoms with Crippen LogP contribution in [-0.2, 0) is 16.9 Å². The number of halogens is 2. The molecule has 0 fully saturated rings. The molecule has 0 aliphatic heterocycles. The number of rotatable bonds is 2. The van der Waals surface area contributed by atoms with E-state index in [9.17, 15) is 13.6 Å². The fraction of sp³-hybridized carbons (Fsp3) is 0.188. The molecule has 0 saturated heterocycles. The van der Waals surface area contributed by atoms with Gasteiger partial charge in [0.2, 0.25) is 0 Å². The maximum Gasteiger partial charge on any atom is 0.308 e. The van der Waals surface area contributed by atoms with Crippen molar-refractivity contribution in [3.63, 3.8) is 0 Å². The molecule has 0 atom stereocenters. The van der Waals surface area contributed by atoms with Gasteiger partial charge in [0.05, 0.1) is 0 Å². The van der Waals surface area contributed by atoms with Gasteiger partial charge in [0.25, 0.3) is 0 Å². The normalized spacial score (nSPS) is 12.4. The summed E-state index contributed by atoms with van der Waals surface area (Å²) in [6.45, 7) is 1.94. The van der Waals surface area contributed by atoms with Crippen LogP contribution < -0.4 is 0 Å². The Balaban J connectivity index is 0.000000471. The Kier molecular flexibility index (Phi) is 5.84. The van der Waals surface area contributed by atoms with Crippen LogP contribution in [0.25, 0.3) is 0 Å². The molecule has 8 heteroatoms. The van der Waals surface area contributed by atoms with Gasteiger partial charge in [0.1, 0.15) is 11.6 Å². The van der Waals surface area contributed by atoms with Crippen LogP contribution in [-0.4, -0.2) is 14.2 Å². The van der Waals surface area contributed by atoms with Crippen LogP contribution in [0.15, 0.2) is 40.1 Å². The van der Waals surface area contributed by atoms with Crippen LogP contribution in [0.1, 0.15) is 27.9 Å². The van der Waals surface area contributed by atoms with E-state index in [2.05, 4.69) is 0 Å². The maximum absolute atomic E-state index is 13.7. The Hall–Kier alpha value is -2.06. The quantitative estimate of drug-likeness (QED) is 0.862. The Bertz CT molecular complexity index is 905. The van der Waals surface area contributed by atoms with Crippen molar-refractivity contribution in [3.8, 4) is 0 Å². The average Bonchev–Trinajstić information content (AvgIpc) is 2.82. The molecule has 2 aromatic rings. The number of benzene rings is 2. The smallest absolute Gasteiger partial charge is 0.294 e. The minimum absolute atomic E-state index is 0.140. The van der Waals surface area contributed by atoms with Gasteiger partial charge in [-0.3, -0.25) is 4.79 Å². The highest BCUT2D eigenvalue weighted by atomic mass is 32.2. The van der Waals surface area contributed by atoms with Crippen molar-refractivity contribution in [1.82, 2.24) is 0 Å². The summed E-state index contributed by atoms with van der Waals surface area (Å²) in [5, 5.41) is 0. The minimum Gasteiger partial charge on any atom is -0.294 e. The number of carbonyl (C=O) groups excluding carboxylic acids is 1. The molecule has 1 N–H and O–H groups in total. The second-order valence-electron chi connectivity index (χ2n) is 5.11. The predicted octanol–water partition coefficient (Wildman–Crippen LogP) is 4.18. The summed E-state index contributed by atoms with van der Waals surface area (Å²) in [5.74, 6) is -1.03. The number of Topliss-reactive ketones (excluding diaryl/α,β-unsaturated/α-hetero) is 1. The summed E-state index contributed by atoms with van der Waals surface area (Å²) in [7, 11) is -2.61. The molecule has 0 spiro atoms. The fourth-order valence-electron chi connectivity index (χ4n) is 2.38. The lowest BCUT2D eigenvalue weighted by atomic mass is 10.1. The minimum atomic E-state index is -2.61. The Morgan fingerprint density at radius 3 is 2.38 bits per heavy atom. The molecule has 4 nitrogen and oxygen atoms in total. The van der Waals surface area contributed by atoms with Crippen LogP contribution in [0.4, 0.5) is 8.78 Å². The molecule has 2 aromatic carbocycles. The van der Waals surface area contributed by atoms with Crippen LogP contribution in [0.3, 0.4) is 0 Å². The first-order valence-corrected chi connectivity index (χ1v) is 8.77. The predicted molar refractivity (Wildman–Crippen MR) is 86.0 cm³/mol. The summed E-state index contributed by atoms with van der Waals surface area (Å²) >= 11 is 1.22. The van der Waals surface area contributed by atoms with Crippen molar-refractivity contribution >= 4 is 28.0 Å². The molecular formula is C16H13F2NO3S2. The Morgan fingerprint density at radius 1 is 1.08 bits per heavy atom. The van der Waals surface area contributed by atoms with Gasteiger partial charge in [-0.1, -0.05) is 17.8 Å². The van der Waals surface area contributed by atoms with Crippen LogP contribution in [0.2, 0.25) is 0 Å². The van der Waals surface area contributed by atoms with Gasteiger partial charge in [-0.15, -0.1) is 0 Å². The van der Waals surface area contributed by atoms with E-state index < -0.39 is 22.1 Å². The number of nitrogens with one attached hydrogen (secondary N) is 1. The first-order chi connectivity index (χ1) is 11.3. The zero-order valence-electron chi connectivity index (χ0n) is 12.6. The van der Waals surface area contributed by atoms with Crippen molar-refractivity contribution in [2.24, 2.45) is 0 Å². The average molecular weight is 369 g/mol. The van der Waals surface area contributed by atoms with E-state index in [0.717, 1.165) is 34.1 Å². The van der Waals surface area contributed by atoms with Gasteiger partial charge in [0, 0.05) is 27.8 Å². The largest absolute Gasteiger partial charge is 0.308 e. The van der Waals surface area contributed by atoms with Crippen molar-refractivity contribution in [2.45, 2.75) is 29.6 Å². The van der Waals surface area contributed by atoms with Gasteiger partial charge in [-0.2, -0.15) is 13.2 Å². The number of aryl methyl sites for hydroxylation is 2. The third kappa shape index (κ3) is 4.48. The molecule has 0 aromatic heterocycles. The topological polar surface area (TPSA) is 75.1 Å². The van der Waals surface area contributed by atoms with E-state index in [1.165, 1.54) is 23.9 Å². The fourth-order valence-corrected chi connectivity index (χ4v) is 3.31. The number of hydrogen-bond acceptors (Lipinski definition) is 5. The maximum atomic E-state index is 13.7. The Labute approximate surface area is 143 Å². The number of ketones is 1. The van der Waals surface area contributed by atoms with Crippen LogP contribution in [0, 0.1) is 23.3 Å². The van der Waals surface area contributed by atoms with E-state index in [4.69, 9.17) is 13.2 Å². The monoisotopic (exact) mass is 369 g/mol. The number of hydrogen-bond donors (Lipinski definition) is 1. The molecule has 0 saturated carbocycles. The summed E-state index contributed by atoms with van der Waals surface area (Å²) < 4.78 is 49.4. The highest BCUT2D eigenvalue weighted by molar-refractivity contribution is 7.99. The first kappa shape index (κ1) is 18.3. The van der Waals surface area contributed by atoms with Gasteiger partial charge in [-0.05, 0) is 42.7 Å². The summed E-state index contributed by atoms with van der Waals surface area (Å²) in [5.41, 5.74) is 2.81. The standard InChI is InChI=1S/C16H12F2OS.HNO2S/c1-9-6-10-2-4-14(19)12(10)8-16(9)20-15-5-3-11(17)7-13(15)18;1-4(2)3/h3,5-8H,2,4H2,1H3;1H. The van der Waals surface area contributed by atoms with E-state index in [0.29, 0.717) is 11.3 Å². The third-order valence-corrected chi connectivity index (χ3v) is 4.65. The van der Waals surface area contributed by atoms with E-state index in [1.807, 2.05) is 19.1 Å². The molecule has 0 bridgehead atoms. The summed E-state index contributed by atoms with van der Waals surface area (Å²) in [6.07, 6.45) is 1.33. The molecule has 0 radical (unpaired) electrons. The van der Waals surface area contributed by atoms with Crippen molar-refractivity contribution in [3.05, 3.63) is 58.7 Å². The molecule has 1 aliphatic rings. The summed E-state index contributed by atoms with van der Waals surface area (Å²) in [4.78, 5) is 13.0. The van der Waals surface area contributed by atoms with Gasteiger partial charge in [-0.25, -0.2) is 8.78 Å². The molecule has 126 valence electrons. The van der Waals surface area contributed by atoms with Crippen LogP contribution in [0.5, 0.6) is 0 Å². The number of fused-ring (bicyclic) bond motifs is 1. The SMILES string of the molecule is Cc1cc2c(cc1Sc1ccc(F)cc1F)C(=O)CC2.N=S(=O)=O. The molecular weight excluding hydrogens is 356 g/mol. The van der Waals surface area contributed by atoms with Crippen molar-refractivity contribution in [2.75, 3.05) is 0 Å². The molecule has 0 amide bonds. The van der Waals surface area contributed by atoms with Crippen LogP contribution >= 0.6 is 11.8 Å². The molecule has 24 heavy (non-hydrogen) atoms. The second kappa shape index (κ2) is 7.67. The lowest BCUT2D eigenvalue weighted by Gasteiger charge is -2.09. The van der Waals surface area contributed by atoms with Gasteiger partial charge in [0.15, 0.2) is 5.78 Å². The lowest BCUT2D eigenvalue weighted by molar-refractivity contribution is 0.0994. The third-order valence-electron chi connectivity index (χ3n) is 3.44. The molecule has 3 rings (SSSR count). The highest BCUT2D eigenvalue weighted by Gasteiger charge is 2.21. The number of carbonyl (C=O) groups is 1. The second-order valence-corrected chi connectivity index (χ2v) is 6.66. The zero-order valence-corrected chi connectivity index (χ0v) is 14.2. The van der Waals surface area contributed by atoms with Crippen molar-refractivity contribution < 1.29 is 22.0 Å². The van der Waals surface area contributed by atoms with Gasteiger partial charge >= 0.3 is 10.5 Å². The first-order valence-electron chi connectivity index (χ1n) is 6.88. The summed E-state index contributed by atoms with van der Waals surface area (Å²) in [6, 6.07) is 7.34. The lowest BCUT2D eigenvalue weighted by Crippen LogP contribution is -1.94. The van der Waals surface area contributed by atoms with Gasteiger partial charge < -0.3 is 0 Å². The van der Waals surface area contributed by atoms with E-state index in [1.54, 1.807) is 0 Å².